The van der Waals surface area contributed by atoms with E-state index in [9.17, 15) is 14.0 Å². The van der Waals surface area contributed by atoms with Crippen molar-refractivity contribution in [3.63, 3.8) is 0 Å². The number of rotatable bonds is 2. The largest absolute Gasteiger partial charge is 0.329 e. The molecule has 0 bridgehead atoms. The van der Waals surface area contributed by atoms with Gasteiger partial charge in [0.1, 0.15) is 5.82 Å². The molecule has 112 valence electrons. The smallest absolute Gasteiger partial charge is 0.307 e. The Balaban J connectivity index is 2.17. The van der Waals surface area contributed by atoms with Crippen molar-refractivity contribution in [3.8, 4) is 0 Å². The van der Waals surface area contributed by atoms with Gasteiger partial charge in [0.15, 0.2) is 0 Å². The summed E-state index contributed by atoms with van der Waals surface area (Å²) in [6, 6.07) is 9.49. The van der Waals surface area contributed by atoms with Crippen molar-refractivity contribution in [2.75, 3.05) is 0 Å². The Morgan fingerprint density at radius 3 is 2.45 bits per heavy atom. The first-order valence-electron chi connectivity index (χ1n) is 6.32. The molecule has 7 heteroatoms. The first kappa shape index (κ1) is 15.2. The Labute approximate surface area is 140 Å². The number of hydrogen-bond donors (Lipinski definition) is 1. The minimum Gasteiger partial charge on any atom is -0.307 e. The van der Waals surface area contributed by atoms with E-state index >= 15 is 0 Å². The molecule has 0 aliphatic carbocycles. The highest BCUT2D eigenvalue weighted by Gasteiger charge is 2.11. The van der Waals surface area contributed by atoms with Crippen LogP contribution in [-0.2, 0) is 6.54 Å². The van der Waals surface area contributed by atoms with Crippen LogP contribution in [0.25, 0.3) is 10.9 Å². The van der Waals surface area contributed by atoms with Crippen molar-refractivity contribution in [1.29, 1.82) is 0 Å². The molecule has 1 aromatic heterocycles. The second-order valence-electron chi connectivity index (χ2n) is 4.75. The predicted molar refractivity (Wildman–Crippen MR) is 89.7 cm³/mol. The van der Waals surface area contributed by atoms with E-state index in [-0.39, 0.29) is 12.1 Å². The van der Waals surface area contributed by atoms with Gasteiger partial charge in [0.05, 0.1) is 17.4 Å². The van der Waals surface area contributed by atoms with Crippen molar-refractivity contribution in [3.05, 3.63) is 77.6 Å². The number of aromatic amines is 1. The molecule has 0 saturated carbocycles. The lowest BCUT2D eigenvalue weighted by atomic mass is 10.2. The third-order valence-electron chi connectivity index (χ3n) is 3.29. The fourth-order valence-corrected chi connectivity index (χ4v) is 2.88. The van der Waals surface area contributed by atoms with E-state index < -0.39 is 17.1 Å². The zero-order valence-electron chi connectivity index (χ0n) is 11.1. The molecule has 1 N–H and O–H groups in total. The number of H-pyrrole nitrogens is 1. The maximum atomic E-state index is 13.9. The first-order chi connectivity index (χ1) is 10.5. The molecule has 0 spiro atoms. The van der Waals surface area contributed by atoms with Crippen LogP contribution < -0.4 is 11.2 Å². The monoisotopic (exact) mass is 426 g/mol. The van der Waals surface area contributed by atoms with Crippen LogP contribution in [0.4, 0.5) is 4.39 Å². The van der Waals surface area contributed by atoms with Gasteiger partial charge in [-0.3, -0.25) is 9.36 Å². The Morgan fingerprint density at radius 2 is 1.73 bits per heavy atom. The zero-order chi connectivity index (χ0) is 15.9. The normalized spacial score (nSPS) is 11.0. The van der Waals surface area contributed by atoms with E-state index in [1.807, 2.05) is 0 Å². The minimum absolute atomic E-state index is 0.126. The summed E-state index contributed by atoms with van der Waals surface area (Å²) in [5.41, 5.74) is -0.310. The lowest BCUT2D eigenvalue weighted by Crippen LogP contribution is -2.35. The van der Waals surface area contributed by atoms with Crippen LogP contribution in [0.2, 0.25) is 0 Å². The molecule has 2 aromatic carbocycles. The molecule has 0 aliphatic rings. The van der Waals surface area contributed by atoms with E-state index in [2.05, 4.69) is 36.8 Å². The lowest BCUT2D eigenvalue weighted by Gasteiger charge is -2.08. The van der Waals surface area contributed by atoms with Crippen LogP contribution in [0, 0.1) is 5.82 Å². The second kappa shape index (κ2) is 5.81. The molecule has 4 nitrogen and oxygen atoms in total. The quantitative estimate of drug-likeness (QED) is 0.681. The average molecular weight is 428 g/mol. The van der Waals surface area contributed by atoms with Crippen molar-refractivity contribution in [2.24, 2.45) is 0 Å². The van der Waals surface area contributed by atoms with Crippen LogP contribution in [-0.4, -0.2) is 9.55 Å². The second-order valence-corrected chi connectivity index (χ2v) is 6.58. The van der Waals surface area contributed by atoms with Gasteiger partial charge in [-0.2, -0.15) is 0 Å². The molecule has 3 aromatic rings. The highest BCUT2D eigenvalue weighted by molar-refractivity contribution is 9.10. The van der Waals surface area contributed by atoms with Gasteiger partial charge in [0.25, 0.3) is 5.56 Å². The molecule has 0 aliphatic heterocycles. The third-order valence-corrected chi connectivity index (χ3v) is 4.27. The van der Waals surface area contributed by atoms with Gasteiger partial charge in [-0.1, -0.05) is 37.9 Å². The van der Waals surface area contributed by atoms with Gasteiger partial charge in [-0.15, -0.1) is 0 Å². The van der Waals surface area contributed by atoms with Crippen LogP contribution in [0.3, 0.4) is 0 Å². The molecule has 1 heterocycles. The van der Waals surface area contributed by atoms with Gasteiger partial charge in [-0.05, 0) is 30.3 Å². The summed E-state index contributed by atoms with van der Waals surface area (Å²) in [5.74, 6) is -0.475. The van der Waals surface area contributed by atoms with Crippen molar-refractivity contribution in [2.45, 2.75) is 6.54 Å². The maximum Gasteiger partial charge on any atom is 0.329 e. The van der Waals surface area contributed by atoms with Crippen molar-refractivity contribution in [1.82, 2.24) is 9.55 Å². The predicted octanol–water partition coefficient (Wildman–Crippen LogP) is 3.40. The lowest BCUT2D eigenvalue weighted by molar-refractivity contribution is 0.590. The number of halogens is 3. The summed E-state index contributed by atoms with van der Waals surface area (Å²) in [7, 11) is 0. The van der Waals surface area contributed by atoms with Gasteiger partial charge in [-0.25, -0.2) is 9.18 Å². The van der Waals surface area contributed by atoms with Crippen LogP contribution in [0.15, 0.2) is 54.9 Å². The average Bonchev–Trinajstić information content (AvgIpc) is 2.45. The molecular weight excluding hydrogens is 419 g/mol. The minimum atomic E-state index is -0.571. The fourth-order valence-electron chi connectivity index (χ4n) is 2.19. The number of nitrogens with one attached hydrogen (secondary N) is 1. The van der Waals surface area contributed by atoms with E-state index in [0.717, 1.165) is 9.04 Å². The zero-order valence-corrected chi connectivity index (χ0v) is 14.2. The summed E-state index contributed by atoms with van der Waals surface area (Å²) in [4.78, 5) is 27.2. The van der Waals surface area contributed by atoms with Crippen molar-refractivity contribution < 1.29 is 4.39 Å². The molecule has 0 radical (unpaired) electrons. The Kier molecular flexibility index (Phi) is 4.01. The topological polar surface area (TPSA) is 54.9 Å². The summed E-state index contributed by atoms with van der Waals surface area (Å²) in [6.07, 6.45) is 0. The van der Waals surface area contributed by atoms with E-state index in [1.54, 1.807) is 24.3 Å². The molecule has 0 unspecified atom stereocenters. The van der Waals surface area contributed by atoms with Crippen LogP contribution in [0.1, 0.15) is 5.56 Å². The molecule has 0 fully saturated rings. The Hall–Kier alpha value is -1.73. The Morgan fingerprint density at radius 1 is 1.05 bits per heavy atom. The Bertz CT molecular complexity index is 995. The summed E-state index contributed by atoms with van der Waals surface area (Å²) in [5, 5.41) is 0.375. The molecule has 3 rings (SSSR count). The molecule has 0 saturated heterocycles. The van der Waals surface area contributed by atoms with E-state index in [1.165, 1.54) is 12.1 Å². The number of nitrogens with zero attached hydrogens (tertiary/aromatic N) is 1. The van der Waals surface area contributed by atoms with Crippen LogP contribution >= 0.6 is 31.9 Å². The summed E-state index contributed by atoms with van der Waals surface area (Å²) < 4.78 is 16.2. The highest BCUT2D eigenvalue weighted by Crippen LogP contribution is 2.17. The summed E-state index contributed by atoms with van der Waals surface area (Å²) >= 11 is 6.45. The number of hydrogen-bond acceptors (Lipinski definition) is 2. The van der Waals surface area contributed by atoms with Crippen molar-refractivity contribution >= 4 is 42.8 Å². The standard InChI is InChI=1S/C15H9Br2FN2O2/c16-9-2-1-8(12(18)5-9)7-20-14(21)11-4-3-10(17)6-13(11)19-15(20)22/h1-6H,7H2,(H,19,22). The SMILES string of the molecule is O=c1[nH]c2cc(Br)ccc2c(=O)n1Cc1ccc(Br)cc1F. The number of benzene rings is 2. The van der Waals surface area contributed by atoms with E-state index in [4.69, 9.17) is 0 Å². The van der Waals surface area contributed by atoms with Gasteiger partial charge >= 0.3 is 5.69 Å². The summed E-state index contributed by atoms with van der Waals surface area (Å²) in [6.45, 7) is -0.126. The van der Waals surface area contributed by atoms with Gasteiger partial charge < -0.3 is 4.98 Å². The number of aromatic nitrogens is 2. The van der Waals surface area contributed by atoms with Gasteiger partial charge in [0.2, 0.25) is 0 Å². The van der Waals surface area contributed by atoms with Crippen LogP contribution in [0.5, 0.6) is 0 Å². The molecular formula is C15H9Br2FN2O2. The fraction of sp³-hybridized carbons (Fsp3) is 0.0667. The van der Waals surface area contributed by atoms with Gasteiger partial charge in [0, 0.05) is 14.5 Å². The first-order valence-corrected chi connectivity index (χ1v) is 7.90. The molecule has 0 atom stereocenters. The molecule has 0 amide bonds. The highest BCUT2D eigenvalue weighted by atomic mass is 79.9. The molecule has 22 heavy (non-hydrogen) atoms. The number of fused-ring (bicyclic) bond motifs is 1. The third kappa shape index (κ3) is 2.78. The maximum absolute atomic E-state index is 13.9. The van der Waals surface area contributed by atoms with E-state index in [0.29, 0.717) is 15.4 Å².